The zero-order valence-corrected chi connectivity index (χ0v) is 16.7. The van der Waals surface area contributed by atoms with E-state index in [2.05, 4.69) is 4.98 Å². The third-order valence-corrected chi connectivity index (χ3v) is 5.08. The van der Waals surface area contributed by atoms with Crippen molar-refractivity contribution in [2.75, 3.05) is 20.3 Å². The first-order chi connectivity index (χ1) is 13.5. The molecule has 7 heteroatoms. The second-order valence-corrected chi connectivity index (χ2v) is 7.52. The maximum absolute atomic E-state index is 12.2. The van der Waals surface area contributed by atoms with E-state index in [1.54, 1.807) is 18.4 Å². The zero-order valence-electron chi connectivity index (χ0n) is 15.9. The van der Waals surface area contributed by atoms with Gasteiger partial charge in [-0.2, -0.15) is 0 Å². The summed E-state index contributed by atoms with van der Waals surface area (Å²) in [4.78, 5) is 30.0. The fourth-order valence-electron chi connectivity index (χ4n) is 2.56. The summed E-state index contributed by atoms with van der Waals surface area (Å²) in [6.07, 6.45) is 0.0861. The lowest BCUT2D eigenvalue weighted by Crippen LogP contribution is -2.31. The van der Waals surface area contributed by atoms with Crippen LogP contribution in [0.1, 0.15) is 17.0 Å². The third kappa shape index (κ3) is 5.53. The first-order valence-corrected chi connectivity index (χ1v) is 9.76. The van der Waals surface area contributed by atoms with Gasteiger partial charge < -0.3 is 14.4 Å². The van der Waals surface area contributed by atoms with Crippen LogP contribution in [0.25, 0.3) is 10.2 Å². The number of carbonyl (C=O) groups excluding carboxylic acids is 2. The maximum atomic E-state index is 12.2. The molecule has 0 aliphatic carbocycles. The quantitative estimate of drug-likeness (QED) is 0.543. The fraction of sp³-hybridized carbons (Fsp3) is 0.286. The van der Waals surface area contributed by atoms with E-state index in [9.17, 15) is 9.59 Å². The molecule has 0 bridgehead atoms. The van der Waals surface area contributed by atoms with Gasteiger partial charge in [0.2, 0.25) is 0 Å². The standard InChI is InChI=1S/C21H22N2O4S/c1-15-6-5-7-16(12-15)26-11-10-21(25)27-14-20(24)23(2)13-19-22-17-8-3-4-9-18(17)28-19/h3-9,12H,10-11,13-14H2,1-2H3. The minimum atomic E-state index is -0.464. The fourth-order valence-corrected chi connectivity index (χ4v) is 3.58. The number of thiazole rings is 1. The second kappa shape index (κ2) is 9.32. The number of likely N-dealkylation sites (N-methyl/N-ethyl adjacent to an activating group) is 1. The summed E-state index contributed by atoms with van der Waals surface area (Å²) < 4.78 is 11.7. The molecule has 2 aromatic carbocycles. The Balaban J connectivity index is 1.39. The highest BCUT2D eigenvalue weighted by molar-refractivity contribution is 7.18. The molecule has 0 radical (unpaired) electrons. The lowest BCUT2D eigenvalue weighted by Gasteiger charge is -2.15. The summed E-state index contributed by atoms with van der Waals surface area (Å²) in [6, 6.07) is 15.4. The lowest BCUT2D eigenvalue weighted by atomic mass is 10.2. The molecular weight excluding hydrogens is 376 g/mol. The minimum absolute atomic E-state index is 0.0861. The van der Waals surface area contributed by atoms with Crippen molar-refractivity contribution >= 4 is 33.4 Å². The highest BCUT2D eigenvalue weighted by Gasteiger charge is 2.14. The number of para-hydroxylation sites is 1. The SMILES string of the molecule is Cc1cccc(OCCC(=O)OCC(=O)N(C)Cc2nc3ccccc3s2)c1. The van der Waals surface area contributed by atoms with Crippen molar-refractivity contribution in [2.45, 2.75) is 19.9 Å². The summed E-state index contributed by atoms with van der Waals surface area (Å²) in [5.41, 5.74) is 2.00. The van der Waals surface area contributed by atoms with E-state index in [-0.39, 0.29) is 25.5 Å². The molecule has 146 valence electrons. The highest BCUT2D eigenvalue weighted by atomic mass is 32.1. The summed E-state index contributed by atoms with van der Waals surface area (Å²) >= 11 is 1.55. The Morgan fingerprint density at radius 1 is 1.14 bits per heavy atom. The Labute approximate surface area is 167 Å². The molecule has 3 aromatic rings. The molecule has 0 saturated heterocycles. The number of ether oxygens (including phenoxy) is 2. The van der Waals surface area contributed by atoms with Gasteiger partial charge in [-0.25, -0.2) is 4.98 Å². The van der Waals surface area contributed by atoms with Crippen molar-refractivity contribution in [3.63, 3.8) is 0 Å². The molecule has 0 spiro atoms. The summed E-state index contributed by atoms with van der Waals surface area (Å²) in [5, 5.41) is 0.843. The molecule has 0 atom stereocenters. The number of esters is 1. The molecule has 1 aromatic heterocycles. The number of nitrogens with zero attached hydrogens (tertiary/aromatic N) is 2. The van der Waals surface area contributed by atoms with E-state index in [4.69, 9.17) is 9.47 Å². The van der Waals surface area contributed by atoms with E-state index in [0.29, 0.717) is 12.3 Å². The van der Waals surface area contributed by atoms with E-state index >= 15 is 0 Å². The number of amides is 1. The maximum Gasteiger partial charge on any atom is 0.309 e. The predicted molar refractivity (Wildman–Crippen MR) is 108 cm³/mol. The van der Waals surface area contributed by atoms with Crippen LogP contribution in [0.2, 0.25) is 0 Å². The van der Waals surface area contributed by atoms with E-state index in [1.165, 1.54) is 4.90 Å². The molecule has 0 N–H and O–H groups in total. The highest BCUT2D eigenvalue weighted by Crippen LogP contribution is 2.22. The van der Waals surface area contributed by atoms with Crippen molar-refractivity contribution in [1.82, 2.24) is 9.88 Å². The van der Waals surface area contributed by atoms with Crippen LogP contribution < -0.4 is 4.74 Å². The number of aromatic nitrogens is 1. The average Bonchev–Trinajstić information content (AvgIpc) is 3.08. The Bertz CT molecular complexity index is 937. The first kappa shape index (κ1) is 19.8. The van der Waals surface area contributed by atoms with Crippen molar-refractivity contribution in [1.29, 1.82) is 0 Å². The Morgan fingerprint density at radius 3 is 2.75 bits per heavy atom. The van der Waals surface area contributed by atoms with Gasteiger partial charge >= 0.3 is 5.97 Å². The van der Waals surface area contributed by atoms with E-state index in [0.717, 1.165) is 20.8 Å². The normalized spacial score (nSPS) is 10.6. The molecule has 28 heavy (non-hydrogen) atoms. The van der Waals surface area contributed by atoms with Crippen LogP contribution in [0.5, 0.6) is 5.75 Å². The van der Waals surface area contributed by atoms with Crippen LogP contribution in [0.15, 0.2) is 48.5 Å². The number of rotatable bonds is 8. The molecular formula is C21H22N2O4S. The van der Waals surface area contributed by atoms with Crippen LogP contribution in [-0.4, -0.2) is 42.0 Å². The van der Waals surface area contributed by atoms with Gasteiger partial charge in [-0.1, -0.05) is 24.3 Å². The number of hydrogen-bond donors (Lipinski definition) is 0. The first-order valence-electron chi connectivity index (χ1n) is 8.95. The molecule has 0 saturated carbocycles. The van der Waals surface area contributed by atoms with Crippen LogP contribution in [0.4, 0.5) is 0 Å². The van der Waals surface area contributed by atoms with Crippen LogP contribution >= 0.6 is 11.3 Å². The largest absolute Gasteiger partial charge is 0.493 e. The van der Waals surface area contributed by atoms with Crippen LogP contribution in [-0.2, 0) is 20.9 Å². The molecule has 0 aliphatic rings. The number of fused-ring (bicyclic) bond motifs is 1. The van der Waals surface area contributed by atoms with Crippen molar-refractivity contribution < 1.29 is 19.1 Å². The molecule has 0 unspecified atom stereocenters. The lowest BCUT2D eigenvalue weighted by molar-refractivity contribution is -0.152. The van der Waals surface area contributed by atoms with Gasteiger partial charge in [-0.3, -0.25) is 9.59 Å². The zero-order chi connectivity index (χ0) is 19.9. The summed E-state index contributed by atoms with van der Waals surface area (Å²) in [7, 11) is 1.67. The van der Waals surface area contributed by atoms with E-state index in [1.807, 2.05) is 55.5 Å². The molecule has 6 nitrogen and oxygen atoms in total. The Morgan fingerprint density at radius 2 is 1.96 bits per heavy atom. The van der Waals surface area contributed by atoms with Crippen molar-refractivity contribution in [3.8, 4) is 5.75 Å². The number of hydrogen-bond acceptors (Lipinski definition) is 6. The predicted octanol–water partition coefficient (Wildman–Crippen LogP) is 3.58. The smallest absolute Gasteiger partial charge is 0.309 e. The Hall–Kier alpha value is -2.93. The van der Waals surface area contributed by atoms with Crippen LogP contribution in [0.3, 0.4) is 0 Å². The topological polar surface area (TPSA) is 68.7 Å². The summed E-state index contributed by atoms with van der Waals surface area (Å²) in [6.45, 7) is 2.27. The molecule has 1 heterocycles. The summed E-state index contributed by atoms with van der Waals surface area (Å²) in [5.74, 6) is -0.0268. The minimum Gasteiger partial charge on any atom is -0.493 e. The van der Waals surface area contributed by atoms with Gasteiger partial charge in [-0.15, -0.1) is 11.3 Å². The van der Waals surface area contributed by atoms with E-state index < -0.39 is 5.97 Å². The van der Waals surface area contributed by atoms with Gasteiger partial charge in [0.15, 0.2) is 6.61 Å². The Kier molecular flexibility index (Phi) is 6.60. The third-order valence-electron chi connectivity index (χ3n) is 4.06. The van der Waals surface area contributed by atoms with Gasteiger partial charge in [0.25, 0.3) is 5.91 Å². The van der Waals surface area contributed by atoms with Crippen LogP contribution in [0, 0.1) is 6.92 Å². The molecule has 3 rings (SSSR count). The van der Waals surface area contributed by atoms with Gasteiger partial charge in [0.05, 0.1) is 29.8 Å². The average molecular weight is 398 g/mol. The van der Waals surface area contributed by atoms with Crippen molar-refractivity contribution in [2.24, 2.45) is 0 Å². The number of benzene rings is 2. The van der Waals surface area contributed by atoms with Gasteiger partial charge in [0, 0.05) is 7.05 Å². The number of aryl methyl sites for hydroxylation is 1. The molecule has 0 fully saturated rings. The number of carbonyl (C=O) groups is 2. The van der Waals surface area contributed by atoms with Crippen molar-refractivity contribution in [3.05, 3.63) is 59.1 Å². The molecule has 0 aliphatic heterocycles. The van der Waals surface area contributed by atoms with Gasteiger partial charge in [0.1, 0.15) is 10.8 Å². The van der Waals surface area contributed by atoms with Gasteiger partial charge in [-0.05, 0) is 36.8 Å². The second-order valence-electron chi connectivity index (χ2n) is 6.40. The monoisotopic (exact) mass is 398 g/mol. The molecule has 1 amide bonds.